The third-order valence-electron chi connectivity index (χ3n) is 6.91. The second-order valence-corrected chi connectivity index (χ2v) is 12.2. The summed E-state index contributed by atoms with van der Waals surface area (Å²) in [5, 5.41) is 21.1. The zero-order chi connectivity index (χ0) is 28.4. The molecule has 5 rings (SSSR count). The normalized spacial score (nSPS) is 19.5. The highest BCUT2D eigenvalue weighted by Crippen LogP contribution is 2.26. The number of carbonyl (C=O) groups excluding carboxylic acids is 2. The molecule has 1 aliphatic heterocycles. The monoisotopic (exact) mass is 569 g/mol. The molecule has 0 spiro atoms. The number of nitrogens with zero attached hydrogens (tertiary/aromatic N) is 3. The second kappa shape index (κ2) is 11.4. The molecule has 40 heavy (non-hydrogen) atoms. The zero-order valence-electron chi connectivity index (χ0n) is 22.1. The molecule has 0 radical (unpaired) electrons. The maximum absolute atomic E-state index is 13.4. The van der Waals surface area contributed by atoms with E-state index in [1.807, 2.05) is 26.0 Å². The van der Waals surface area contributed by atoms with Crippen molar-refractivity contribution in [3.05, 3.63) is 54.6 Å². The lowest BCUT2D eigenvalue weighted by Crippen LogP contribution is -2.54. The van der Waals surface area contributed by atoms with Crippen LogP contribution in [0.3, 0.4) is 0 Å². The SMILES string of the molecule is CC(C)CC(NC(=O)c1cc2ccccc2o1)C(=O)NC1CCCN(S(=O)(=O)c2nccc3oncc23)C[C@@H]1O. The summed E-state index contributed by atoms with van der Waals surface area (Å²) in [4.78, 5) is 30.3. The van der Waals surface area contributed by atoms with Gasteiger partial charge >= 0.3 is 0 Å². The van der Waals surface area contributed by atoms with Crippen molar-refractivity contribution in [2.75, 3.05) is 13.1 Å². The molecule has 12 nitrogen and oxygen atoms in total. The van der Waals surface area contributed by atoms with Crippen LogP contribution < -0.4 is 10.6 Å². The van der Waals surface area contributed by atoms with E-state index in [9.17, 15) is 23.1 Å². The van der Waals surface area contributed by atoms with Crippen molar-refractivity contribution in [2.24, 2.45) is 5.92 Å². The highest BCUT2D eigenvalue weighted by molar-refractivity contribution is 7.89. The van der Waals surface area contributed by atoms with Crippen LogP contribution in [-0.2, 0) is 14.8 Å². The standard InChI is InChI=1S/C27H31N5O7S/c1-16(2)12-20(31-26(35)24-13-17-6-3-4-8-22(17)38-24)25(34)30-19-7-5-11-32(15-21(19)33)40(36,37)27-18-14-29-39-23(18)9-10-28-27/h3-4,6,8-10,13-14,16,19-21,33H,5,7,11-12,15H2,1-2H3,(H,30,34)(H,31,35)/t19?,20?,21-/m0/s1. The van der Waals surface area contributed by atoms with Gasteiger partial charge in [-0.2, -0.15) is 4.31 Å². The smallest absolute Gasteiger partial charge is 0.287 e. The average Bonchev–Trinajstić information content (AvgIpc) is 3.53. The van der Waals surface area contributed by atoms with Crippen LogP contribution in [0.2, 0.25) is 0 Å². The third-order valence-corrected chi connectivity index (χ3v) is 8.74. The highest BCUT2D eigenvalue weighted by atomic mass is 32.2. The van der Waals surface area contributed by atoms with Crippen LogP contribution in [0.1, 0.15) is 43.7 Å². The second-order valence-electron chi connectivity index (χ2n) is 10.3. The lowest BCUT2D eigenvalue weighted by atomic mass is 10.0. The van der Waals surface area contributed by atoms with Gasteiger partial charge in [-0.1, -0.05) is 37.2 Å². The first-order valence-corrected chi connectivity index (χ1v) is 14.5. The fourth-order valence-electron chi connectivity index (χ4n) is 4.90. The lowest BCUT2D eigenvalue weighted by Gasteiger charge is -2.27. The van der Waals surface area contributed by atoms with Crippen molar-refractivity contribution in [1.29, 1.82) is 0 Å². The molecule has 212 valence electrons. The van der Waals surface area contributed by atoms with E-state index < -0.39 is 40.0 Å². The Hall–Kier alpha value is -3.81. The summed E-state index contributed by atoms with van der Waals surface area (Å²) in [5.41, 5.74) is 0.851. The number of amides is 2. The fraction of sp³-hybridized carbons (Fsp3) is 0.407. The van der Waals surface area contributed by atoms with E-state index >= 15 is 0 Å². The number of benzene rings is 1. The number of fused-ring (bicyclic) bond motifs is 2. The number of pyridine rings is 1. The predicted octanol–water partition coefficient (Wildman–Crippen LogP) is 2.44. The summed E-state index contributed by atoms with van der Waals surface area (Å²) in [5.74, 6) is -0.811. The first-order chi connectivity index (χ1) is 19.1. The van der Waals surface area contributed by atoms with Gasteiger partial charge in [0.15, 0.2) is 16.4 Å². The number of sulfonamides is 1. The highest BCUT2D eigenvalue weighted by Gasteiger charge is 2.36. The quantitative estimate of drug-likeness (QED) is 0.289. The summed E-state index contributed by atoms with van der Waals surface area (Å²) < 4.78 is 38.7. The van der Waals surface area contributed by atoms with Crippen LogP contribution in [0.4, 0.5) is 0 Å². The Morgan fingerprint density at radius 2 is 2.00 bits per heavy atom. The van der Waals surface area contributed by atoms with E-state index in [0.717, 1.165) is 9.69 Å². The number of hydrogen-bond acceptors (Lipinski definition) is 9. The fourth-order valence-corrected chi connectivity index (χ4v) is 6.49. The van der Waals surface area contributed by atoms with Crippen LogP contribution in [-0.4, -0.2) is 71.1 Å². The number of aromatic nitrogens is 2. The van der Waals surface area contributed by atoms with Gasteiger partial charge in [-0.15, -0.1) is 0 Å². The van der Waals surface area contributed by atoms with Crippen molar-refractivity contribution in [2.45, 2.75) is 56.3 Å². The summed E-state index contributed by atoms with van der Waals surface area (Å²) >= 11 is 0. The molecule has 13 heteroatoms. The van der Waals surface area contributed by atoms with E-state index in [2.05, 4.69) is 20.8 Å². The average molecular weight is 570 g/mol. The molecule has 0 bridgehead atoms. The molecule has 2 amide bonds. The number of para-hydroxylation sites is 1. The number of β-amino-alcohol motifs (C(OH)–C–C–N with tert-alkyl or cyclic N) is 1. The molecule has 3 atom stereocenters. The van der Waals surface area contributed by atoms with Crippen molar-refractivity contribution in [3.8, 4) is 0 Å². The van der Waals surface area contributed by atoms with Gasteiger partial charge in [0, 0.05) is 30.7 Å². The molecule has 1 aromatic carbocycles. The van der Waals surface area contributed by atoms with Gasteiger partial charge in [-0.25, -0.2) is 13.4 Å². The first kappa shape index (κ1) is 27.7. The van der Waals surface area contributed by atoms with Crippen LogP contribution in [0.5, 0.6) is 0 Å². The summed E-state index contributed by atoms with van der Waals surface area (Å²) in [6, 6.07) is 8.76. The molecule has 4 aromatic rings. The minimum Gasteiger partial charge on any atom is -0.451 e. The van der Waals surface area contributed by atoms with E-state index in [1.165, 1.54) is 18.5 Å². The van der Waals surface area contributed by atoms with Gasteiger partial charge in [-0.05, 0) is 37.3 Å². The topological polar surface area (TPSA) is 168 Å². The Kier molecular flexibility index (Phi) is 7.88. The summed E-state index contributed by atoms with van der Waals surface area (Å²) in [7, 11) is -4.07. The number of aliphatic hydroxyl groups excluding tert-OH is 1. The lowest BCUT2D eigenvalue weighted by molar-refractivity contribution is -0.125. The Labute approximate surface area is 230 Å². The minimum absolute atomic E-state index is 0.0824. The number of furan rings is 1. The van der Waals surface area contributed by atoms with E-state index in [0.29, 0.717) is 24.8 Å². The Balaban J connectivity index is 1.28. The van der Waals surface area contributed by atoms with E-state index in [4.69, 9.17) is 8.94 Å². The van der Waals surface area contributed by atoms with Crippen molar-refractivity contribution in [1.82, 2.24) is 25.1 Å². The minimum atomic E-state index is -4.07. The zero-order valence-corrected chi connectivity index (χ0v) is 22.9. The van der Waals surface area contributed by atoms with Crippen LogP contribution in [0, 0.1) is 5.92 Å². The molecule has 1 aliphatic rings. The maximum Gasteiger partial charge on any atom is 0.287 e. The number of rotatable bonds is 8. The molecule has 1 fully saturated rings. The van der Waals surface area contributed by atoms with Crippen LogP contribution in [0.15, 0.2) is 62.8 Å². The Bertz CT molecular complexity index is 1600. The van der Waals surface area contributed by atoms with E-state index in [1.54, 1.807) is 18.2 Å². The third kappa shape index (κ3) is 5.71. The van der Waals surface area contributed by atoms with Gasteiger partial charge in [0.2, 0.25) is 5.91 Å². The van der Waals surface area contributed by atoms with Crippen LogP contribution in [0.25, 0.3) is 21.9 Å². The molecule has 0 aliphatic carbocycles. The number of hydrogen-bond donors (Lipinski definition) is 3. The van der Waals surface area contributed by atoms with Gasteiger partial charge in [0.25, 0.3) is 15.9 Å². The maximum atomic E-state index is 13.4. The Morgan fingerprint density at radius 1 is 1.20 bits per heavy atom. The molecule has 3 N–H and O–H groups in total. The first-order valence-electron chi connectivity index (χ1n) is 13.1. The van der Waals surface area contributed by atoms with Crippen LogP contribution >= 0.6 is 0 Å². The van der Waals surface area contributed by atoms with Gasteiger partial charge in [0.1, 0.15) is 11.6 Å². The summed E-state index contributed by atoms with van der Waals surface area (Å²) in [6.07, 6.45) is 2.52. The molecule has 2 unspecified atom stereocenters. The largest absolute Gasteiger partial charge is 0.451 e. The molecule has 3 aromatic heterocycles. The molecule has 1 saturated heterocycles. The number of aliphatic hydroxyl groups is 1. The summed E-state index contributed by atoms with van der Waals surface area (Å²) in [6.45, 7) is 3.76. The molecular formula is C27H31N5O7S. The van der Waals surface area contributed by atoms with E-state index in [-0.39, 0.29) is 40.8 Å². The number of nitrogens with one attached hydrogen (secondary N) is 2. The van der Waals surface area contributed by atoms with Crippen molar-refractivity contribution < 1.29 is 32.1 Å². The van der Waals surface area contributed by atoms with Gasteiger partial charge in [0.05, 0.1) is 23.7 Å². The van der Waals surface area contributed by atoms with Gasteiger partial charge in [-0.3, -0.25) is 9.59 Å². The number of carbonyl (C=O) groups is 2. The Morgan fingerprint density at radius 3 is 2.77 bits per heavy atom. The molecule has 4 heterocycles. The predicted molar refractivity (Wildman–Crippen MR) is 145 cm³/mol. The molecular weight excluding hydrogens is 538 g/mol. The molecule has 0 saturated carbocycles. The van der Waals surface area contributed by atoms with Crippen molar-refractivity contribution in [3.63, 3.8) is 0 Å². The van der Waals surface area contributed by atoms with Gasteiger partial charge < -0.3 is 24.7 Å². The van der Waals surface area contributed by atoms with Crippen molar-refractivity contribution >= 4 is 43.8 Å².